The van der Waals surface area contributed by atoms with E-state index in [1.54, 1.807) is 0 Å². The predicted molar refractivity (Wildman–Crippen MR) is 42.3 cm³/mol. The van der Waals surface area contributed by atoms with Gasteiger partial charge in [0.2, 0.25) is 5.82 Å². The van der Waals surface area contributed by atoms with E-state index < -0.39 is 46.2 Å². The molecule has 15 heavy (non-hydrogen) atoms. The van der Waals surface area contributed by atoms with Crippen LogP contribution in [0.15, 0.2) is 0 Å². The van der Waals surface area contributed by atoms with Gasteiger partial charge in [-0.3, -0.25) is 0 Å². The highest BCUT2D eigenvalue weighted by molar-refractivity contribution is 7.77. The highest BCUT2D eigenvalue weighted by Crippen LogP contribution is 2.23. The van der Waals surface area contributed by atoms with E-state index in [2.05, 4.69) is 12.6 Å². The van der Waals surface area contributed by atoms with Crippen LogP contribution in [-0.2, 0) is 23.8 Å². The van der Waals surface area contributed by atoms with Gasteiger partial charge in [-0.25, -0.2) is 22.0 Å². The Hall–Kier alpha value is -1.24. The Labute approximate surface area is 86.3 Å². The molecule has 7 heteroatoms. The Balaban J connectivity index is 3.45. The van der Waals surface area contributed by atoms with E-state index in [0.29, 0.717) is 0 Å². The second-order valence-corrected chi connectivity index (χ2v) is 3.05. The van der Waals surface area contributed by atoms with Gasteiger partial charge in [-0.05, 0) is 0 Å². The second-order valence-electron chi connectivity index (χ2n) is 2.60. The zero-order valence-corrected chi connectivity index (χ0v) is 7.73. The van der Waals surface area contributed by atoms with Crippen molar-refractivity contribution in [3.63, 3.8) is 0 Å². The Morgan fingerprint density at radius 3 is 1.53 bits per heavy atom. The summed E-state index contributed by atoms with van der Waals surface area (Å²) in [5.41, 5.74) is -1.20. The minimum Gasteiger partial charge on any atom is -0.742 e. The van der Waals surface area contributed by atoms with E-state index in [-0.39, 0.29) is 0 Å². The highest BCUT2D eigenvalue weighted by atomic mass is 32.1. The molecule has 0 aliphatic carbocycles. The molecule has 1 nitrogen and oxygen atoms in total. The van der Waals surface area contributed by atoms with Crippen molar-refractivity contribution in [3.05, 3.63) is 34.6 Å². The van der Waals surface area contributed by atoms with Crippen molar-refractivity contribution in [2.75, 3.05) is 0 Å². The summed E-state index contributed by atoms with van der Waals surface area (Å²) < 4.78 is 63.3. The topological polar surface area (TPSA) is 17.1 Å². The largest absolute Gasteiger partial charge is 0.742 e. The summed E-state index contributed by atoms with van der Waals surface area (Å²) in [4.78, 5) is 10.4. The fourth-order valence-corrected chi connectivity index (χ4v) is 1.09. The normalized spacial score (nSPS) is 10.5. The highest BCUT2D eigenvalue weighted by Gasteiger charge is 2.25. The Kier molecular flexibility index (Phi) is 3.23. The fourth-order valence-electron chi connectivity index (χ4n) is 0.950. The van der Waals surface area contributed by atoms with Crippen LogP contribution in [0.5, 0.6) is 0 Å². The summed E-state index contributed by atoms with van der Waals surface area (Å²) in [5.74, 6) is -10.5. The van der Waals surface area contributed by atoms with Crippen LogP contribution in [0.2, 0.25) is 0 Å². The molecule has 0 aliphatic heterocycles. The van der Waals surface area contributed by atoms with Crippen LogP contribution < -0.4 is 0 Å². The number of carbonyl (C=O) groups excluding carboxylic acids is 1. The van der Waals surface area contributed by atoms with E-state index >= 15 is 0 Å². The third-order valence-electron chi connectivity index (χ3n) is 1.62. The van der Waals surface area contributed by atoms with Crippen LogP contribution in [0.4, 0.5) is 22.0 Å². The van der Waals surface area contributed by atoms with Crippen LogP contribution in [-0.4, -0.2) is 5.12 Å². The molecule has 0 aromatic heterocycles. The molecule has 0 saturated carbocycles. The first-order valence-electron chi connectivity index (χ1n) is 3.56. The average Bonchev–Trinajstić information content (AvgIpc) is 2.18. The minimum absolute atomic E-state index is 1.01. The summed E-state index contributed by atoms with van der Waals surface area (Å²) in [6.07, 6.45) is -1.01. The molecular formula is C8H2F5OS-. The first-order chi connectivity index (χ1) is 6.86. The molecule has 0 N–H and O–H groups in total. The van der Waals surface area contributed by atoms with Gasteiger partial charge in [0, 0.05) is 17.1 Å². The van der Waals surface area contributed by atoms with Crippen molar-refractivity contribution < 1.29 is 26.7 Å². The average molecular weight is 241 g/mol. The molecule has 0 fully saturated rings. The van der Waals surface area contributed by atoms with Gasteiger partial charge in [0.05, 0.1) is 0 Å². The van der Waals surface area contributed by atoms with Gasteiger partial charge in [-0.15, -0.1) is 0 Å². The number of rotatable bonds is 2. The third-order valence-corrected chi connectivity index (χ3v) is 1.77. The van der Waals surface area contributed by atoms with E-state index in [1.165, 1.54) is 0 Å². The summed E-state index contributed by atoms with van der Waals surface area (Å²) in [5, 5.41) is -1.11. The lowest BCUT2D eigenvalue weighted by atomic mass is 10.1. The number of hydrogen-bond donors (Lipinski definition) is 0. The number of hydrogen-bond acceptors (Lipinski definition) is 2. The molecule has 0 bridgehead atoms. The maximum absolute atomic E-state index is 12.8. The molecular weight excluding hydrogens is 239 g/mol. The molecule has 1 aromatic carbocycles. The third kappa shape index (κ3) is 2.06. The first-order valence-corrected chi connectivity index (χ1v) is 3.97. The summed E-state index contributed by atoms with van der Waals surface area (Å²) in [7, 11) is 0. The van der Waals surface area contributed by atoms with Crippen LogP contribution in [0.3, 0.4) is 0 Å². The van der Waals surface area contributed by atoms with Gasteiger partial charge in [0.25, 0.3) is 0 Å². The van der Waals surface area contributed by atoms with Gasteiger partial charge in [-0.2, -0.15) is 0 Å². The Morgan fingerprint density at radius 2 is 1.20 bits per heavy atom. The maximum atomic E-state index is 12.8. The predicted octanol–water partition coefficient (Wildman–Crippen LogP) is 2.00. The number of carbonyl (C=O) groups is 1. The number of benzene rings is 1. The van der Waals surface area contributed by atoms with Crippen LogP contribution >= 0.6 is 0 Å². The van der Waals surface area contributed by atoms with Crippen molar-refractivity contribution in [2.24, 2.45) is 0 Å². The van der Waals surface area contributed by atoms with Crippen molar-refractivity contribution in [1.29, 1.82) is 0 Å². The minimum atomic E-state index is -2.26. The summed E-state index contributed by atoms with van der Waals surface area (Å²) >= 11 is 3.99. The fraction of sp³-hybridized carbons (Fsp3) is 0.125. The first kappa shape index (κ1) is 11.8. The van der Waals surface area contributed by atoms with Crippen molar-refractivity contribution in [3.8, 4) is 0 Å². The van der Waals surface area contributed by atoms with Crippen LogP contribution in [0.1, 0.15) is 5.56 Å². The lowest BCUT2D eigenvalue weighted by Crippen LogP contribution is -2.10. The molecule has 0 atom stereocenters. The van der Waals surface area contributed by atoms with Crippen LogP contribution in [0, 0.1) is 29.1 Å². The molecule has 0 radical (unpaired) electrons. The Morgan fingerprint density at radius 1 is 0.867 bits per heavy atom. The van der Waals surface area contributed by atoms with E-state index in [1.807, 2.05) is 0 Å². The van der Waals surface area contributed by atoms with Gasteiger partial charge in [0.1, 0.15) is 0 Å². The van der Waals surface area contributed by atoms with Crippen LogP contribution in [0.25, 0.3) is 0 Å². The zero-order valence-electron chi connectivity index (χ0n) is 6.91. The maximum Gasteiger partial charge on any atom is 0.200 e. The molecule has 0 amide bonds. The molecule has 0 aliphatic rings. The Bertz CT molecular complexity index is 403. The van der Waals surface area contributed by atoms with Crippen molar-refractivity contribution in [1.82, 2.24) is 0 Å². The standard InChI is InChI=1S/C8H3F5OS/c9-4-2(1-3(14)15)5(10)7(12)8(13)6(4)11/h1H2,(H,14,15)/p-1. The monoisotopic (exact) mass is 241 g/mol. The lowest BCUT2D eigenvalue weighted by Gasteiger charge is -2.08. The molecule has 0 spiro atoms. The molecule has 1 aromatic rings. The SMILES string of the molecule is O=C([S-])Cc1c(F)c(F)c(F)c(F)c1F. The zero-order chi connectivity index (χ0) is 11.7. The van der Waals surface area contributed by atoms with E-state index in [9.17, 15) is 26.7 Å². The van der Waals surface area contributed by atoms with Gasteiger partial charge in [-0.1, -0.05) is 0 Å². The molecule has 0 saturated heterocycles. The molecule has 1 rings (SSSR count). The molecule has 0 unspecified atom stereocenters. The summed E-state index contributed by atoms with van der Waals surface area (Å²) in [6.45, 7) is 0. The second kappa shape index (κ2) is 4.09. The quantitative estimate of drug-likeness (QED) is 0.341. The van der Waals surface area contributed by atoms with Gasteiger partial charge in [0.15, 0.2) is 23.3 Å². The lowest BCUT2D eigenvalue weighted by molar-refractivity contribution is -0.110. The smallest absolute Gasteiger partial charge is 0.200 e. The van der Waals surface area contributed by atoms with Gasteiger partial charge < -0.3 is 17.4 Å². The van der Waals surface area contributed by atoms with Crippen molar-refractivity contribution in [2.45, 2.75) is 6.42 Å². The van der Waals surface area contributed by atoms with E-state index in [0.717, 1.165) is 0 Å². The number of halogens is 5. The van der Waals surface area contributed by atoms with Crippen molar-refractivity contribution >= 4 is 17.7 Å². The van der Waals surface area contributed by atoms with E-state index in [4.69, 9.17) is 0 Å². The summed E-state index contributed by atoms with van der Waals surface area (Å²) in [6, 6.07) is 0. The molecule has 82 valence electrons. The van der Waals surface area contributed by atoms with Gasteiger partial charge >= 0.3 is 0 Å². The molecule has 0 heterocycles.